The Labute approximate surface area is 239 Å². The molecule has 212 valence electrons. The van der Waals surface area contributed by atoms with Crippen molar-refractivity contribution < 1.29 is 22.4 Å². The van der Waals surface area contributed by atoms with Crippen LogP contribution in [0.3, 0.4) is 0 Å². The van der Waals surface area contributed by atoms with Crippen LogP contribution in [0.1, 0.15) is 28.4 Å². The van der Waals surface area contributed by atoms with E-state index in [1.807, 2.05) is 6.07 Å². The van der Waals surface area contributed by atoms with Crippen molar-refractivity contribution >= 4 is 21.8 Å². The van der Waals surface area contributed by atoms with Crippen molar-refractivity contribution in [3.63, 3.8) is 0 Å². The number of aromatic nitrogens is 1. The van der Waals surface area contributed by atoms with Crippen molar-refractivity contribution in [1.29, 1.82) is 0 Å². The molecule has 1 N–H and O–H groups in total. The van der Waals surface area contributed by atoms with Crippen LogP contribution in [-0.2, 0) is 39.2 Å². The number of hydrogen-bond donors (Lipinski definition) is 1. The summed E-state index contributed by atoms with van der Waals surface area (Å²) >= 11 is 0. The zero-order valence-corrected chi connectivity index (χ0v) is 23.4. The quantitative estimate of drug-likeness (QED) is 0.275. The minimum Gasteiger partial charge on any atom is -0.348 e. The Morgan fingerprint density at radius 3 is 2.05 bits per heavy atom. The summed E-state index contributed by atoms with van der Waals surface area (Å²) in [5, 5.41) is 2.86. The molecule has 1 heterocycles. The Hall–Kier alpha value is -4.41. The van der Waals surface area contributed by atoms with Gasteiger partial charge in [-0.05, 0) is 41.0 Å². The number of benzene rings is 3. The van der Waals surface area contributed by atoms with Gasteiger partial charge in [0.1, 0.15) is 11.9 Å². The first-order chi connectivity index (χ1) is 19.7. The number of carbonyl (C=O) groups excluding carboxylic acids is 2. The summed E-state index contributed by atoms with van der Waals surface area (Å²) in [6.07, 6.45) is 2.66. The van der Waals surface area contributed by atoms with Gasteiger partial charge in [0.25, 0.3) is 0 Å². The number of nitrogens with zero attached hydrogens (tertiary/aromatic N) is 3. The molecule has 0 radical (unpaired) electrons. The Bertz CT molecular complexity index is 1540. The lowest BCUT2D eigenvalue weighted by Gasteiger charge is -2.33. The number of amides is 2. The molecule has 0 saturated carbocycles. The highest BCUT2D eigenvalue weighted by atomic mass is 32.2. The van der Waals surface area contributed by atoms with E-state index in [4.69, 9.17) is 0 Å². The average molecular weight is 575 g/mol. The van der Waals surface area contributed by atoms with Crippen LogP contribution in [0.5, 0.6) is 0 Å². The zero-order chi connectivity index (χ0) is 29.2. The first kappa shape index (κ1) is 29.6. The first-order valence-electron chi connectivity index (χ1n) is 13.0. The molecule has 41 heavy (non-hydrogen) atoms. The Balaban J connectivity index is 1.69. The molecule has 3 aromatic carbocycles. The second-order valence-electron chi connectivity index (χ2n) is 9.52. The van der Waals surface area contributed by atoms with E-state index in [0.717, 1.165) is 10.6 Å². The molecular formula is C31H31FN4O4S. The largest absolute Gasteiger partial charge is 0.348 e. The van der Waals surface area contributed by atoms with Gasteiger partial charge in [0.2, 0.25) is 21.8 Å². The predicted molar refractivity (Wildman–Crippen MR) is 154 cm³/mol. The van der Waals surface area contributed by atoms with Gasteiger partial charge in [-0.3, -0.25) is 14.6 Å². The molecule has 8 nitrogen and oxygen atoms in total. The third kappa shape index (κ3) is 8.54. The second-order valence-corrected chi connectivity index (χ2v) is 11.5. The maximum Gasteiger partial charge on any atom is 0.247 e. The van der Waals surface area contributed by atoms with E-state index < -0.39 is 40.2 Å². The van der Waals surface area contributed by atoms with E-state index in [1.54, 1.807) is 79.0 Å². The molecule has 0 fully saturated rings. The van der Waals surface area contributed by atoms with Crippen molar-refractivity contribution in [2.24, 2.45) is 0 Å². The summed E-state index contributed by atoms with van der Waals surface area (Å²) in [5.41, 5.74) is 2.46. The molecule has 1 atom stereocenters. The molecule has 0 saturated heterocycles. The van der Waals surface area contributed by atoms with Crippen LogP contribution in [0.15, 0.2) is 109 Å². The summed E-state index contributed by atoms with van der Waals surface area (Å²) in [6.45, 7) is -0.437. The smallest absolute Gasteiger partial charge is 0.247 e. The lowest BCUT2D eigenvalue weighted by molar-refractivity contribution is -0.141. The molecule has 0 spiro atoms. The molecular weight excluding hydrogens is 543 g/mol. The Kier molecular flexibility index (Phi) is 9.94. The fourth-order valence-electron chi connectivity index (χ4n) is 4.31. The Morgan fingerprint density at radius 1 is 0.829 bits per heavy atom. The normalized spacial score (nSPS) is 12.1. The van der Waals surface area contributed by atoms with Crippen LogP contribution in [0, 0.1) is 5.82 Å². The molecule has 4 aromatic rings. The highest BCUT2D eigenvalue weighted by Crippen LogP contribution is 2.25. The van der Waals surface area contributed by atoms with Gasteiger partial charge >= 0.3 is 0 Å². The highest BCUT2D eigenvalue weighted by Gasteiger charge is 2.33. The summed E-state index contributed by atoms with van der Waals surface area (Å²) in [7, 11) is -3.80. The number of sulfonamides is 1. The maximum atomic E-state index is 14.0. The molecule has 10 heteroatoms. The lowest BCUT2D eigenvalue weighted by Crippen LogP contribution is -2.47. The summed E-state index contributed by atoms with van der Waals surface area (Å²) < 4.78 is 40.3. The van der Waals surface area contributed by atoms with Crippen molar-refractivity contribution in [2.75, 3.05) is 12.8 Å². The summed E-state index contributed by atoms with van der Waals surface area (Å²) in [6, 6.07) is 27.6. The van der Waals surface area contributed by atoms with Crippen molar-refractivity contribution in [3.05, 3.63) is 138 Å². The number of carbonyl (C=O) groups is 2. The molecule has 2 amide bonds. The van der Waals surface area contributed by atoms with Crippen LogP contribution in [0.2, 0.25) is 0 Å². The standard InChI is InChI=1S/C31H31FN4O4S/c1-41(39,40)35(21-24-10-4-2-5-11-24)23-29(37)36(22-25-15-17-27(32)18-16-25)30(26-12-6-3-7-13-26)31(38)34-20-28-14-8-9-19-33-28/h2-19,30H,20-23H2,1H3,(H,34,38). The monoisotopic (exact) mass is 574 g/mol. The van der Waals surface area contributed by atoms with Crippen LogP contribution >= 0.6 is 0 Å². The van der Waals surface area contributed by atoms with Gasteiger partial charge in [-0.2, -0.15) is 4.31 Å². The van der Waals surface area contributed by atoms with E-state index in [1.165, 1.54) is 29.2 Å². The van der Waals surface area contributed by atoms with Gasteiger partial charge < -0.3 is 10.2 Å². The SMILES string of the molecule is CS(=O)(=O)N(CC(=O)N(Cc1ccc(F)cc1)C(C(=O)NCc1ccccn1)c1ccccc1)Cc1ccccc1. The van der Waals surface area contributed by atoms with E-state index >= 15 is 0 Å². The van der Waals surface area contributed by atoms with Gasteiger partial charge in [0.15, 0.2) is 0 Å². The molecule has 0 aliphatic carbocycles. The van der Waals surface area contributed by atoms with E-state index in [0.29, 0.717) is 22.4 Å². The number of rotatable bonds is 12. The van der Waals surface area contributed by atoms with Gasteiger partial charge in [-0.1, -0.05) is 78.9 Å². The van der Waals surface area contributed by atoms with Crippen LogP contribution < -0.4 is 5.32 Å². The Morgan fingerprint density at radius 2 is 1.44 bits per heavy atom. The topological polar surface area (TPSA) is 99.7 Å². The van der Waals surface area contributed by atoms with Gasteiger partial charge in [-0.25, -0.2) is 12.8 Å². The number of nitrogens with one attached hydrogen (secondary N) is 1. The number of pyridine rings is 1. The van der Waals surface area contributed by atoms with Crippen molar-refractivity contribution in [3.8, 4) is 0 Å². The summed E-state index contributed by atoms with van der Waals surface area (Å²) in [4.78, 5) is 33.3. The fourth-order valence-corrected chi connectivity index (χ4v) is 5.04. The van der Waals surface area contributed by atoms with Crippen molar-refractivity contribution in [2.45, 2.75) is 25.7 Å². The minimum absolute atomic E-state index is 0.0162. The fraction of sp³-hybridized carbons (Fsp3) is 0.194. The van der Waals surface area contributed by atoms with Gasteiger partial charge in [-0.15, -0.1) is 0 Å². The van der Waals surface area contributed by atoms with Gasteiger partial charge in [0, 0.05) is 19.3 Å². The predicted octanol–water partition coefficient (Wildman–Crippen LogP) is 4.07. The van der Waals surface area contributed by atoms with Crippen LogP contribution in [0.25, 0.3) is 0 Å². The second kappa shape index (κ2) is 13.8. The molecule has 0 aliphatic rings. The lowest BCUT2D eigenvalue weighted by atomic mass is 10.0. The van der Waals surface area contributed by atoms with Crippen LogP contribution in [0.4, 0.5) is 4.39 Å². The van der Waals surface area contributed by atoms with Gasteiger partial charge in [0.05, 0.1) is 25.0 Å². The minimum atomic E-state index is -3.80. The third-order valence-electron chi connectivity index (χ3n) is 6.41. The van der Waals surface area contributed by atoms with E-state index in [2.05, 4.69) is 10.3 Å². The maximum absolute atomic E-state index is 14.0. The summed E-state index contributed by atoms with van der Waals surface area (Å²) in [5.74, 6) is -1.49. The molecule has 0 bridgehead atoms. The number of halogens is 1. The highest BCUT2D eigenvalue weighted by molar-refractivity contribution is 7.88. The van der Waals surface area contributed by atoms with E-state index in [-0.39, 0.29) is 19.6 Å². The molecule has 4 rings (SSSR count). The number of hydrogen-bond acceptors (Lipinski definition) is 5. The zero-order valence-electron chi connectivity index (χ0n) is 22.6. The average Bonchev–Trinajstić information content (AvgIpc) is 2.97. The third-order valence-corrected chi connectivity index (χ3v) is 7.61. The van der Waals surface area contributed by atoms with Crippen molar-refractivity contribution in [1.82, 2.24) is 19.5 Å². The molecule has 1 unspecified atom stereocenters. The first-order valence-corrected chi connectivity index (χ1v) is 14.8. The molecule has 1 aromatic heterocycles. The molecule has 0 aliphatic heterocycles. The van der Waals surface area contributed by atoms with E-state index in [9.17, 15) is 22.4 Å². The van der Waals surface area contributed by atoms with Crippen LogP contribution in [-0.4, -0.2) is 47.2 Å².